The Morgan fingerprint density at radius 1 is 1.09 bits per heavy atom. The van der Waals surface area contributed by atoms with Gasteiger partial charge in [-0.1, -0.05) is 0 Å². The molecule has 0 heterocycles. The van der Waals surface area contributed by atoms with Crippen molar-refractivity contribution in [3.05, 3.63) is 63.5 Å². The van der Waals surface area contributed by atoms with E-state index in [0.717, 1.165) is 31.2 Å². The number of allylic oxidation sites excluding steroid dienone is 1. The lowest BCUT2D eigenvalue weighted by Gasteiger charge is -2.12. The maximum atomic E-state index is 12.5. The number of nitrogens with zero attached hydrogens (tertiary/aromatic N) is 3. The summed E-state index contributed by atoms with van der Waals surface area (Å²) in [6, 6.07) is 4.45. The molecule has 34 heavy (non-hydrogen) atoms. The fourth-order valence-corrected chi connectivity index (χ4v) is 3.50. The second kappa shape index (κ2) is 9.83. The van der Waals surface area contributed by atoms with Gasteiger partial charge < -0.3 is 19.5 Å². The summed E-state index contributed by atoms with van der Waals surface area (Å²) in [7, 11) is -10.2. The summed E-state index contributed by atoms with van der Waals surface area (Å²) in [6.45, 7) is 0.966. The van der Waals surface area contributed by atoms with Gasteiger partial charge >= 0.3 is 0 Å². The van der Waals surface area contributed by atoms with Gasteiger partial charge in [0.25, 0.3) is 11.6 Å². The van der Waals surface area contributed by atoms with Gasteiger partial charge in [-0.3, -0.25) is 19.7 Å². The van der Waals surface area contributed by atoms with Crippen LogP contribution in [0.15, 0.2) is 67.9 Å². The van der Waals surface area contributed by atoms with Crippen LogP contribution in [0, 0.1) is 10.1 Å². The third-order valence-corrected chi connectivity index (χ3v) is 5.62. The van der Waals surface area contributed by atoms with Gasteiger partial charge in [-0.2, -0.15) is 0 Å². The molecule has 0 aliphatic rings. The van der Waals surface area contributed by atoms with Gasteiger partial charge in [0.2, 0.25) is 0 Å². The Bertz CT molecular complexity index is 1460. The first-order valence-electron chi connectivity index (χ1n) is 8.57. The summed E-state index contributed by atoms with van der Waals surface area (Å²) in [5.41, 5.74) is -3.00. The van der Waals surface area contributed by atoms with E-state index >= 15 is 0 Å². The molecule has 0 saturated heterocycles. The van der Waals surface area contributed by atoms with E-state index in [1.165, 1.54) is 0 Å². The molecule has 2 rings (SSSR count). The number of rotatable bonds is 8. The highest BCUT2D eigenvalue weighted by atomic mass is 32.2. The molecule has 0 bridgehead atoms. The Kier molecular flexibility index (Phi) is 7.57. The van der Waals surface area contributed by atoms with Gasteiger partial charge in [-0.15, -0.1) is 10.2 Å². The summed E-state index contributed by atoms with van der Waals surface area (Å²) >= 11 is 0. The number of nitrogens with one attached hydrogen (secondary N) is 1. The van der Waals surface area contributed by atoms with E-state index in [4.69, 9.17) is 0 Å². The predicted molar refractivity (Wildman–Crippen MR) is 109 cm³/mol. The third kappa shape index (κ3) is 6.25. The van der Waals surface area contributed by atoms with Crippen molar-refractivity contribution >= 4 is 49.5 Å². The average Bonchev–Trinajstić information content (AvgIpc) is 2.72. The second-order valence-corrected chi connectivity index (χ2v) is 9.00. The van der Waals surface area contributed by atoms with E-state index < -0.39 is 69.4 Å². The zero-order valence-electron chi connectivity index (χ0n) is 16.7. The number of nitro benzene ring substituents is 1. The molecule has 0 aliphatic heterocycles. The van der Waals surface area contributed by atoms with Crippen LogP contribution in [0.5, 0.6) is 0 Å². The first kappa shape index (κ1) is 26.2. The predicted octanol–water partition coefficient (Wildman–Crippen LogP) is 1.73. The fourth-order valence-electron chi connectivity index (χ4n) is 2.37. The first-order valence-corrected chi connectivity index (χ1v) is 11.4. The van der Waals surface area contributed by atoms with E-state index in [-0.39, 0.29) is 11.8 Å². The number of carbonyl (C=O) groups excluding carboxylic acids is 2. The number of non-ortho nitro benzene ring substituents is 1. The molecule has 0 unspecified atom stereocenters. The number of hydrogen-bond donors (Lipinski definition) is 2. The Morgan fingerprint density at radius 3 is 2.24 bits per heavy atom. The van der Waals surface area contributed by atoms with E-state index in [0.29, 0.717) is 12.1 Å². The van der Waals surface area contributed by atoms with Crippen molar-refractivity contribution in [1.82, 2.24) is 0 Å². The lowest BCUT2D eigenvalue weighted by Crippen LogP contribution is -2.16. The molecule has 0 saturated carbocycles. The molecule has 2 aromatic rings. The standard InChI is InChI=1S/C17H14N4O11S2/c1-9(23)16(17(24)18-14-7-12(33(27,28)29)4-2-10(14)8-22)20-19-13-5-3-11(21(25)26)6-15(13)34(30,31)32/h2-8,23H,1H3,(H,18,24)(H,27,28,29)(H,30,31,32)/p-2/b16-9+,20-19?. The van der Waals surface area contributed by atoms with E-state index in [1.807, 2.05) is 5.32 Å². The number of nitro groups is 1. The van der Waals surface area contributed by atoms with Crippen molar-refractivity contribution in [3.8, 4) is 0 Å². The molecule has 0 aromatic heterocycles. The second-order valence-electron chi connectivity index (χ2n) is 6.27. The van der Waals surface area contributed by atoms with Crippen molar-refractivity contribution in [1.29, 1.82) is 0 Å². The number of aldehydes is 1. The molecule has 0 spiro atoms. The summed E-state index contributed by atoms with van der Waals surface area (Å²) in [6.07, 6.45) is 0.232. The maximum absolute atomic E-state index is 12.5. The number of azo groups is 1. The smallest absolute Gasteiger partial charge is 0.279 e. The van der Waals surface area contributed by atoms with Crippen molar-refractivity contribution in [3.63, 3.8) is 0 Å². The molecule has 2 N–H and O–H groups in total. The largest absolute Gasteiger partial charge is 0.744 e. The van der Waals surface area contributed by atoms with Crippen LogP contribution in [0.1, 0.15) is 17.3 Å². The Hall–Kier alpha value is -4.06. The number of aliphatic hydroxyl groups excluding tert-OH is 1. The van der Waals surface area contributed by atoms with Crippen molar-refractivity contribution in [2.24, 2.45) is 10.2 Å². The minimum Gasteiger partial charge on any atom is -0.744 e. The molecule has 0 radical (unpaired) electrons. The molecule has 1 amide bonds. The topological polar surface area (TPSA) is 249 Å². The van der Waals surface area contributed by atoms with Gasteiger partial charge in [0.15, 0.2) is 12.0 Å². The highest BCUT2D eigenvalue weighted by Gasteiger charge is 2.19. The minimum atomic E-state index is -5.27. The summed E-state index contributed by atoms with van der Waals surface area (Å²) in [5.74, 6) is -2.06. The highest BCUT2D eigenvalue weighted by molar-refractivity contribution is 7.86. The summed E-state index contributed by atoms with van der Waals surface area (Å²) in [5, 5.41) is 29.4. The van der Waals surface area contributed by atoms with E-state index in [9.17, 15) is 50.8 Å². The molecular formula is C17H12N4O11S2-2. The molecule has 2 aromatic carbocycles. The van der Waals surface area contributed by atoms with Crippen LogP contribution in [0.2, 0.25) is 0 Å². The van der Waals surface area contributed by atoms with Crippen LogP contribution < -0.4 is 5.32 Å². The number of carbonyl (C=O) groups is 2. The Labute approximate surface area is 191 Å². The molecule has 0 atom stereocenters. The van der Waals surface area contributed by atoms with Crippen LogP contribution in [-0.2, 0) is 25.0 Å². The first-order chi connectivity index (χ1) is 15.6. The quantitative estimate of drug-likeness (QED) is 0.0979. The van der Waals surface area contributed by atoms with Crippen LogP contribution in [0.25, 0.3) is 0 Å². The van der Waals surface area contributed by atoms with Gasteiger partial charge in [0, 0.05) is 17.7 Å². The van der Waals surface area contributed by atoms with E-state index in [2.05, 4.69) is 10.2 Å². The van der Waals surface area contributed by atoms with Gasteiger partial charge in [0.1, 0.15) is 31.7 Å². The Balaban J connectivity index is 2.49. The molecule has 0 fully saturated rings. The maximum Gasteiger partial charge on any atom is 0.279 e. The lowest BCUT2D eigenvalue weighted by molar-refractivity contribution is -0.385. The van der Waals surface area contributed by atoms with Crippen LogP contribution in [-0.4, -0.2) is 48.2 Å². The summed E-state index contributed by atoms with van der Waals surface area (Å²) in [4.78, 5) is 31.7. The van der Waals surface area contributed by atoms with Crippen molar-refractivity contribution in [2.45, 2.75) is 16.7 Å². The van der Waals surface area contributed by atoms with Gasteiger partial charge in [-0.25, -0.2) is 16.8 Å². The zero-order chi connectivity index (χ0) is 25.8. The van der Waals surface area contributed by atoms with Crippen LogP contribution >= 0.6 is 0 Å². The average molecular weight is 512 g/mol. The number of anilines is 1. The van der Waals surface area contributed by atoms with E-state index in [1.54, 1.807) is 0 Å². The fraction of sp³-hybridized carbons (Fsp3) is 0.0588. The number of hydrogen-bond acceptors (Lipinski definition) is 13. The Morgan fingerprint density at radius 2 is 1.74 bits per heavy atom. The van der Waals surface area contributed by atoms with Gasteiger partial charge in [-0.05, 0) is 31.2 Å². The molecule has 0 aliphatic carbocycles. The number of amides is 1. The molecule has 17 heteroatoms. The monoisotopic (exact) mass is 512 g/mol. The van der Waals surface area contributed by atoms with Crippen molar-refractivity contribution < 1.29 is 45.6 Å². The number of aliphatic hydroxyl groups is 1. The molecule has 180 valence electrons. The lowest BCUT2D eigenvalue weighted by atomic mass is 10.2. The van der Waals surface area contributed by atoms with Crippen LogP contribution in [0.3, 0.4) is 0 Å². The zero-order valence-corrected chi connectivity index (χ0v) is 18.4. The SMILES string of the molecule is C/C(O)=C(\N=Nc1ccc([N+](=O)[O-])cc1S(=O)(=O)[O-])C(=O)Nc1cc(S(=O)(=O)[O-])ccc1C=O. The van der Waals surface area contributed by atoms with Crippen LogP contribution in [0.4, 0.5) is 17.1 Å². The molecular weight excluding hydrogens is 500 g/mol. The van der Waals surface area contributed by atoms with Crippen molar-refractivity contribution in [2.75, 3.05) is 5.32 Å². The van der Waals surface area contributed by atoms with Gasteiger partial charge in [0.05, 0.1) is 20.4 Å². The minimum absolute atomic E-state index is 0.232. The molecule has 15 nitrogen and oxygen atoms in total. The normalized spacial score (nSPS) is 12.8. The number of benzene rings is 2. The highest BCUT2D eigenvalue weighted by Crippen LogP contribution is 2.29. The third-order valence-electron chi connectivity index (χ3n) is 3.93. The summed E-state index contributed by atoms with van der Waals surface area (Å²) < 4.78 is 67.9.